The van der Waals surface area contributed by atoms with Gasteiger partial charge in [-0.1, -0.05) is 42.5 Å². The molecule has 1 fully saturated rings. The van der Waals surface area contributed by atoms with Gasteiger partial charge in [-0.2, -0.15) is 0 Å². The van der Waals surface area contributed by atoms with Gasteiger partial charge in [-0.05, 0) is 24.1 Å². The second-order valence-electron chi connectivity index (χ2n) is 6.74. The predicted octanol–water partition coefficient (Wildman–Crippen LogP) is 2.21. The zero-order valence-electron chi connectivity index (χ0n) is 14.8. The molecule has 0 unspecified atom stereocenters. The fourth-order valence-corrected chi connectivity index (χ4v) is 5.35. The quantitative estimate of drug-likeness (QED) is 0.790. The number of rotatable bonds is 2. The van der Waals surface area contributed by atoms with Crippen LogP contribution in [0.2, 0.25) is 0 Å². The molecule has 0 aliphatic carbocycles. The molecule has 2 aliphatic rings. The second-order valence-corrected chi connectivity index (χ2v) is 9.05. The smallest absolute Gasteiger partial charge is 0.267 e. The molecule has 0 bridgehead atoms. The van der Waals surface area contributed by atoms with E-state index >= 15 is 0 Å². The summed E-state index contributed by atoms with van der Waals surface area (Å²) in [5.41, 5.74) is 0.776. The molecule has 2 atom stereocenters. The van der Waals surface area contributed by atoms with Crippen LogP contribution in [0.3, 0.4) is 0 Å². The van der Waals surface area contributed by atoms with E-state index in [1.54, 1.807) is 17.0 Å². The van der Waals surface area contributed by atoms with Crippen LogP contribution in [0, 0.1) is 0 Å². The van der Waals surface area contributed by atoms with Gasteiger partial charge in [0.25, 0.3) is 5.91 Å². The van der Waals surface area contributed by atoms with Gasteiger partial charge in [-0.3, -0.25) is 4.79 Å². The highest BCUT2D eigenvalue weighted by Crippen LogP contribution is 2.32. The third kappa shape index (κ3) is 3.64. The Kier molecular flexibility index (Phi) is 4.78. The van der Waals surface area contributed by atoms with Crippen LogP contribution in [0.15, 0.2) is 54.6 Å². The maximum absolute atomic E-state index is 12.9. The van der Waals surface area contributed by atoms with Crippen LogP contribution < -0.4 is 9.47 Å². The number of carbonyl (C=O) groups is 1. The normalized spacial score (nSPS) is 24.1. The molecule has 27 heavy (non-hydrogen) atoms. The summed E-state index contributed by atoms with van der Waals surface area (Å²) in [6, 6.07) is 16.4. The van der Waals surface area contributed by atoms with Crippen molar-refractivity contribution in [2.75, 3.05) is 25.4 Å². The third-order valence-electron chi connectivity index (χ3n) is 5.01. The van der Waals surface area contributed by atoms with E-state index in [9.17, 15) is 13.2 Å². The van der Waals surface area contributed by atoms with Gasteiger partial charge >= 0.3 is 0 Å². The Balaban J connectivity index is 1.49. The summed E-state index contributed by atoms with van der Waals surface area (Å²) in [5, 5.41) is -0.583. The highest BCUT2D eigenvalue weighted by Gasteiger charge is 2.36. The van der Waals surface area contributed by atoms with Crippen LogP contribution in [0.5, 0.6) is 11.5 Å². The summed E-state index contributed by atoms with van der Waals surface area (Å²) in [6.07, 6.45) is -0.377. The van der Waals surface area contributed by atoms with E-state index in [0.717, 1.165) is 5.56 Å². The first-order chi connectivity index (χ1) is 13.0. The molecule has 2 aliphatic heterocycles. The maximum atomic E-state index is 12.9. The first-order valence-corrected chi connectivity index (χ1v) is 10.7. The molecule has 0 saturated carbocycles. The van der Waals surface area contributed by atoms with E-state index in [0.29, 0.717) is 24.5 Å². The second kappa shape index (κ2) is 7.23. The van der Waals surface area contributed by atoms with Gasteiger partial charge in [0, 0.05) is 13.1 Å². The molecular weight excluding hydrogens is 366 g/mol. The van der Waals surface area contributed by atoms with E-state index in [-0.39, 0.29) is 24.8 Å². The summed E-state index contributed by atoms with van der Waals surface area (Å²) in [5.74, 6) is 0.867. The van der Waals surface area contributed by atoms with Crippen molar-refractivity contribution in [1.29, 1.82) is 0 Å². The lowest BCUT2D eigenvalue weighted by Gasteiger charge is -2.30. The van der Waals surface area contributed by atoms with E-state index < -0.39 is 21.2 Å². The monoisotopic (exact) mass is 387 g/mol. The number of sulfone groups is 1. The van der Waals surface area contributed by atoms with E-state index in [2.05, 4.69) is 0 Å². The minimum absolute atomic E-state index is 0.0531. The zero-order chi connectivity index (χ0) is 18.9. The predicted molar refractivity (Wildman–Crippen MR) is 101 cm³/mol. The highest BCUT2D eigenvalue weighted by molar-refractivity contribution is 7.91. The number of benzene rings is 2. The van der Waals surface area contributed by atoms with Gasteiger partial charge in [0.1, 0.15) is 6.61 Å². The van der Waals surface area contributed by atoms with Crippen LogP contribution in [-0.4, -0.2) is 50.8 Å². The Hall–Kier alpha value is -2.54. The number of fused-ring (bicyclic) bond motifs is 1. The standard InChI is InChI=1S/C20H21NO5S/c22-20(18-14-25-16-8-4-5-9-17(16)26-18)21-11-10-19(27(23,24)13-12-21)15-6-2-1-3-7-15/h1-9,18-19H,10-14H2/t18-,19+/m1/s1. The first kappa shape index (κ1) is 17.9. The van der Waals surface area contributed by atoms with Crippen LogP contribution >= 0.6 is 0 Å². The van der Waals surface area contributed by atoms with Crippen molar-refractivity contribution >= 4 is 15.7 Å². The Morgan fingerprint density at radius 3 is 2.44 bits per heavy atom. The molecule has 142 valence electrons. The molecule has 0 spiro atoms. The molecule has 7 heteroatoms. The molecule has 2 aromatic rings. The van der Waals surface area contributed by atoms with Crippen molar-refractivity contribution in [2.45, 2.75) is 17.8 Å². The molecule has 0 aromatic heterocycles. The lowest BCUT2D eigenvalue weighted by molar-refractivity contribution is -0.140. The van der Waals surface area contributed by atoms with Crippen LogP contribution in [0.4, 0.5) is 0 Å². The van der Waals surface area contributed by atoms with Crippen molar-refractivity contribution in [3.63, 3.8) is 0 Å². The average Bonchev–Trinajstić information content (AvgIpc) is 2.85. The van der Waals surface area contributed by atoms with Crippen molar-refractivity contribution in [3.8, 4) is 11.5 Å². The summed E-state index contributed by atoms with van der Waals surface area (Å²) in [7, 11) is -3.32. The number of nitrogens with zero attached hydrogens (tertiary/aromatic N) is 1. The van der Waals surface area contributed by atoms with Gasteiger partial charge in [0.05, 0.1) is 11.0 Å². The third-order valence-corrected chi connectivity index (χ3v) is 7.13. The number of amides is 1. The SMILES string of the molecule is O=C([C@H]1COc2ccccc2O1)N1CC[C@@H](c2ccccc2)S(=O)(=O)CC1. The lowest BCUT2D eigenvalue weighted by Crippen LogP contribution is -2.47. The van der Waals surface area contributed by atoms with Gasteiger partial charge in [0.15, 0.2) is 21.3 Å². The molecule has 6 nitrogen and oxygen atoms in total. The van der Waals surface area contributed by atoms with Gasteiger partial charge in [-0.15, -0.1) is 0 Å². The summed E-state index contributed by atoms with van der Waals surface area (Å²) >= 11 is 0. The topological polar surface area (TPSA) is 72.9 Å². The van der Waals surface area contributed by atoms with Crippen molar-refractivity contribution in [2.24, 2.45) is 0 Å². The molecule has 0 radical (unpaired) electrons. The Labute approximate surface area is 158 Å². The number of hydrogen-bond donors (Lipinski definition) is 0. The van der Waals surface area contributed by atoms with Crippen molar-refractivity contribution < 1.29 is 22.7 Å². The summed E-state index contributed by atoms with van der Waals surface area (Å²) in [4.78, 5) is 14.5. The van der Waals surface area contributed by atoms with Crippen molar-refractivity contribution in [3.05, 3.63) is 60.2 Å². The largest absolute Gasteiger partial charge is 0.485 e. The maximum Gasteiger partial charge on any atom is 0.267 e. The lowest BCUT2D eigenvalue weighted by atomic mass is 10.1. The number of ether oxygens (including phenoxy) is 2. The Morgan fingerprint density at radius 2 is 1.67 bits per heavy atom. The molecule has 0 N–H and O–H groups in total. The van der Waals surface area contributed by atoms with Gasteiger partial charge in [0.2, 0.25) is 6.10 Å². The minimum Gasteiger partial charge on any atom is -0.485 e. The summed E-state index contributed by atoms with van der Waals surface area (Å²) in [6.45, 7) is 0.673. The zero-order valence-corrected chi connectivity index (χ0v) is 15.6. The number of para-hydroxylation sites is 2. The van der Waals surface area contributed by atoms with Crippen LogP contribution in [0.25, 0.3) is 0 Å². The minimum atomic E-state index is -3.32. The number of carbonyl (C=O) groups excluding carboxylic acids is 1. The average molecular weight is 387 g/mol. The summed E-state index contributed by atoms with van der Waals surface area (Å²) < 4.78 is 36.8. The number of hydrogen-bond acceptors (Lipinski definition) is 5. The Bertz CT molecular complexity index is 928. The van der Waals surface area contributed by atoms with Crippen LogP contribution in [-0.2, 0) is 14.6 Å². The van der Waals surface area contributed by atoms with Gasteiger partial charge in [-0.25, -0.2) is 8.42 Å². The molecule has 2 heterocycles. The van der Waals surface area contributed by atoms with E-state index in [1.165, 1.54) is 0 Å². The molecule has 4 rings (SSSR count). The fourth-order valence-electron chi connectivity index (χ4n) is 3.55. The van der Waals surface area contributed by atoms with Gasteiger partial charge < -0.3 is 14.4 Å². The highest BCUT2D eigenvalue weighted by atomic mass is 32.2. The van der Waals surface area contributed by atoms with E-state index in [1.807, 2.05) is 42.5 Å². The van der Waals surface area contributed by atoms with Crippen molar-refractivity contribution in [1.82, 2.24) is 4.90 Å². The fraction of sp³-hybridized carbons (Fsp3) is 0.350. The first-order valence-electron chi connectivity index (χ1n) is 8.98. The molecule has 1 amide bonds. The Morgan fingerprint density at radius 1 is 0.963 bits per heavy atom. The van der Waals surface area contributed by atoms with Crippen LogP contribution in [0.1, 0.15) is 17.2 Å². The van der Waals surface area contributed by atoms with E-state index in [4.69, 9.17) is 9.47 Å². The molecule has 1 saturated heterocycles. The molecular formula is C20H21NO5S. The molecule has 2 aromatic carbocycles.